The fourth-order valence-corrected chi connectivity index (χ4v) is 0.696. The largest absolute Gasteiger partial charge is 0.396 e. The van der Waals surface area contributed by atoms with Crippen LogP contribution < -0.4 is 0 Å². The monoisotopic (exact) mass is 160 g/mol. The second kappa shape index (κ2) is 4.73. The highest BCUT2D eigenvalue weighted by Crippen LogP contribution is 2.10. The molecule has 0 aromatic rings. The van der Waals surface area contributed by atoms with E-state index in [9.17, 15) is 0 Å². The highest BCUT2D eigenvalue weighted by molar-refractivity contribution is 4.60. The molecule has 0 saturated heterocycles. The second-order valence-corrected chi connectivity index (χ2v) is 4.04. The van der Waals surface area contributed by atoms with Crippen LogP contribution in [0.1, 0.15) is 34.1 Å². The third kappa shape index (κ3) is 7.82. The van der Waals surface area contributed by atoms with Gasteiger partial charge in [0.15, 0.2) is 0 Å². The lowest BCUT2D eigenvalue weighted by atomic mass is 10.1. The number of ether oxygens (including phenoxy) is 1. The van der Waals surface area contributed by atoms with E-state index in [1.165, 1.54) is 0 Å². The molecule has 68 valence electrons. The molecule has 1 atom stereocenters. The van der Waals surface area contributed by atoms with Crippen LogP contribution in [0.2, 0.25) is 0 Å². The topological polar surface area (TPSA) is 29.5 Å². The van der Waals surface area contributed by atoms with Gasteiger partial charge in [-0.3, -0.25) is 0 Å². The van der Waals surface area contributed by atoms with Crippen LogP contribution in [0.4, 0.5) is 0 Å². The molecule has 0 spiro atoms. The minimum absolute atomic E-state index is 0.0519. The van der Waals surface area contributed by atoms with Gasteiger partial charge in [-0.2, -0.15) is 0 Å². The molecular weight excluding hydrogens is 140 g/mol. The van der Waals surface area contributed by atoms with Crippen molar-refractivity contribution in [1.82, 2.24) is 0 Å². The van der Waals surface area contributed by atoms with Gasteiger partial charge in [-0.1, -0.05) is 6.92 Å². The smallest absolute Gasteiger partial charge is 0.0598 e. The molecule has 0 heterocycles. The lowest BCUT2D eigenvalue weighted by Crippen LogP contribution is -2.22. The minimum atomic E-state index is -0.0519. The van der Waals surface area contributed by atoms with E-state index in [0.717, 1.165) is 13.0 Å². The summed E-state index contributed by atoms with van der Waals surface area (Å²) in [6.45, 7) is 9.21. The minimum Gasteiger partial charge on any atom is -0.396 e. The predicted octanol–water partition coefficient (Wildman–Crippen LogP) is 1.82. The Morgan fingerprint density at radius 2 is 1.91 bits per heavy atom. The second-order valence-electron chi connectivity index (χ2n) is 4.04. The number of hydrogen-bond donors (Lipinski definition) is 1. The quantitative estimate of drug-likeness (QED) is 0.679. The van der Waals surface area contributed by atoms with Crippen molar-refractivity contribution in [3.8, 4) is 0 Å². The van der Waals surface area contributed by atoms with Gasteiger partial charge >= 0.3 is 0 Å². The Kier molecular flexibility index (Phi) is 4.69. The van der Waals surface area contributed by atoms with Crippen LogP contribution in [0.3, 0.4) is 0 Å². The van der Waals surface area contributed by atoms with E-state index in [0.29, 0.717) is 5.92 Å². The van der Waals surface area contributed by atoms with E-state index in [2.05, 4.69) is 6.92 Å². The van der Waals surface area contributed by atoms with E-state index < -0.39 is 0 Å². The van der Waals surface area contributed by atoms with E-state index in [1.807, 2.05) is 20.8 Å². The summed E-state index contributed by atoms with van der Waals surface area (Å²) in [4.78, 5) is 0. The third-order valence-electron chi connectivity index (χ3n) is 1.42. The zero-order valence-corrected chi connectivity index (χ0v) is 8.05. The van der Waals surface area contributed by atoms with Gasteiger partial charge in [0.05, 0.1) is 5.60 Å². The van der Waals surface area contributed by atoms with Crippen LogP contribution in [0.5, 0.6) is 0 Å². The summed E-state index contributed by atoms with van der Waals surface area (Å²) in [5.74, 6) is 0.458. The van der Waals surface area contributed by atoms with Gasteiger partial charge in [0.1, 0.15) is 0 Å². The van der Waals surface area contributed by atoms with Gasteiger partial charge < -0.3 is 9.84 Å². The van der Waals surface area contributed by atoms with Gasteiger partial charge in [0, 0.05) is 13.2 Å². The third-order valence-corrected chi connectivity index (χ3v) is 1.42. The standard InChI is InChI=1S/C9H20O2/c1-8(5-6-10)7-11-9(2,3)4/h8,10H,5-7H2,1-4H3/t8-/m1/s1. The number of aliphatic hydroxyl groups is 1. The zero-order chi connectivity index (χ0) is 8.91. The first kappa shape index (κ1) is 10.9. The normalized spacial score (nSPS) is 15.0. The van der Waals surface area contributed by atoms with Gasteiger partial charge in [-0.25, -0.2) is 0 Å². The van der Waals surface area contributed by atoms with Crippen LogP contribution in [0, 0.1) is 5.92 Å². The molecule has 2 nitrogen and oxygen atoms in total. The highest BCUT2D eigenvalue weighted by atomic mass is 16.5. The first-order valence-electron chi connectivity index (χ1n) is 4.20. The molecule has 2 heteroatoms. The lowest BCUT2D eigenvalue weighted by Gasteiger charge is -2.22. The molecule has 0 aliphatic carbocycles. The lowest BCUT2D eigenvalue weighted by molar-refractivity contribution is -0.0225. The Labute approximate surface area is 69.6 Å². The molecule has 0 unspecified atom stereocenters. The molecule has 0 saturated carbocycles. The summed E-state index contributed by atoms with van der Waals surface area (Å²) < 4.78 is 5.53. The van der Waals surface area contributed by atoms with Crippen molar-refractivity contribution in [2.45, 2.75) is 39.7 Å². The van der Waals surface area contributed by atoms with Crippen molar-refractivity contribution in [2.75, 3.05) is 13.2 Å². The molecule has 0 bridgehead atoms. The molecule has 0 amide bonds. The summed E-state index contributed by atoms with van der Waals surface area (Å²) >= 11 is 0. The molecule has 1 N–H and O–H groups in total. The van der Waals surface area contributed by atoms with Crippen LogP contribution >= 0.6 is 0 Å². The first-order chi connectivity index (χ1) is 4.95. The molecule has 0 aliphatic heterocycles. The first-order valence-corrected chi connectivity index (χ1v) is 4.20. The maximum Gasteiger partial charge on any atom is 0.0598 e. The number of hydrogen-bond acceptors (Lipinski definition) is 2. The van der Waals surface area contributed by atoms with Crippen LogP contribution in [0.15, 0.2) is 0 Å². The Bertz CT molecular complexity index is 94.2. The van der Waals surface area contributed by atoms with Crippen molar-refractivity contribution in [1.29, 1.82) is 0 Å². The summed E-state index contributed by atoms with van der Waals surface area (Å²) in [5, 5.41) is 8.61. The Morgan fingerprint density at radius 1 is 1.36 bits per heavy atom. The van der Waals surface area contributed by atoms with Gasteiger partial charge in [-0.15, -0.1) is 0 Å². The van der Waals surface area contributed by atoms with Gasteiger partial charge in [-0.05, 0) is 33.1 Å². The molecule has 0 fully saturated rings. The maximum atomic E-state index is 8.61. The van der Waals surface area contributed by atoms with Crippen molar-refractivity contribution in [3.05, 3.63) is 0 Å². The molecular formula is C9H20O2. The van der Waals surface area contributed by atoms with Gasteiger partial charge in [0.25, 0.3) is 0 Å². The molecule has 0 aromatic heterocycles. The average molecular weight is 160 g/mol. The molecule has 0 rings (SSSR count). The Balaban J connectivity index is 3.38. The fraction of sp³-hybridized carbons (Fsp3) is 1.00. The summed E-state index contributed by atoms with van der Waals surface area (Å²) in [5.41, 5.74) is -0.0519. The predicted molar refractivity (Wildman–Crippen MR) is 46.6 cm³/mol. The van der Waals surface area contributed by atoms with Crippen LogP contribution in [0.25, 0.3) is 0 Å². The van der Waals surface area contributed by atoms with E-state index >= 15 is 0 Å². The molecule has 0 aromatic carbocycles. The van der Waals surface area contributed by atoms with Crippen LogP contribution in [-0.2, 0) is 4.74 Å². The van der Waals surface area contributed by atoms with E-state index in [1.54, 1.807) is 0 Å². The number of rotatable bonds is 4. The summed E-state index contributed by atoms with van der Waals surface area (Å²) in [6, 6.07) is 0. The maximum absolute atomic E-state index is 8.61. The zero-order valence-electron chi connectivity index (χ0n) is 8.05. The summed E-state index contributed by atoms with van der Waals surface area (Å²) in [7, 11) is 0. The van der Waals surface area contributed by atoms with Crippen LogP contribution in [-0.4, -0.2) is 23.9 Å². The Morgan fingerprint density at radius 3 is 2.27 bits per heavy atom. The van der Waals surface area contributed by atoms with E-state index in [4.69, 9.17) is 9.84 Å². The van der Waals surface area contributed by atoms with Crippen molar-refractivity contribution in [2.24, 2.45) is 5.92 Å². The highest BCUT2D eigenvalue weighted by Gasteiger charge is 2.11. The van der Waals surface area contributed by atoms with Gasteiger partial charge in [0.2, 0.25) is 0 Å². The molecule has 11 heavy (non-hydrogen) atoms. The van der Waals surface area contributed by atoms with Crippen molar-refractivity contribution < 1.29 is 9.84 Å². The number of aliphatic hydroxyl groups excluding tert-OH is 1. The SMILES string of the molecule is C[C@H](CCO)COC(C)(C)C. The molecule has 0 aliphatic rings. The average Bonchev–Trinajstić information content (AvgIpc) is 1.83. The van der Waals surface area contributed by atoms with Crippen molar-refractivity contribution in [3.63, 3.8) is 0 Å². The fourth-order valence-electron chi connectivity index (χ4n) is 0.696. The summed E-state index contributed by atoms with van der Waals surface area (Å²) in [6.07, 6.45) is 0.829. The van der Waals surface area contributed by atoms with Crippen molar-refractivity contribution >= 4 is 0 Å². The Hall–Kier alpha value is -0.0800. The van der Waals surface area contributed by atoms with E-state index in [-0.39, 0.29) is 12.2 Å². The molecule has 0 radical (unpaired) electrons.